The Morgan fingerprint density at radius 1 is 1.33 bits per heavy atom. The molecule has 0 saturated carbocycles. The highest BCUT2D eigenvalue weighted by Crippen LogP contribution is 2.36. The number of carbonyl (C=O) groups excluding carboxylic acids is 2. The SMILES string of the molecule is C/C(CC(=O)Nc1ccc(Cl)c(C(F)(F)F)c1)=N\NC(=O)CC#N. The molecule has 0 aromatic heterocycles. The van der Waals surface area contributed by atoms with Gasteiger partial charge in [0.25, 0.3) is 5.91 Å². The maximum Gasteiger partial charge on any atom is 0.417 e. The summed E-state index contributed by atoms with van der Waals surface area (Å²) in [5.74, 6) is -1.26. The summed E-state index contributed by atoms with van der Waals surface area (Å²) in [4.78, 5) is 22.8. The van der Waals surface area contributed by atoms with E-state index < -0.39 is 28.6 Å². The number of halogens is 4. The van der Waals surface area contributed by atoms with E-state index in [-0.39, 0.29) is 24.2 Å². The predicted octanol–water partition coefficient (Wildman–Crippen LogP) is 3.09. The van der Waals surface area contributed by atoms with Crippen molar-refractivity contribution in [3.8, 4) is 6.07 Å². The van der Waals surface area contributed by atoms with E-state index in [1.54, 1.807) is 6.07 Å². The molecule has 1 aromatic carbocycles. The molecular formula is C14H12ClF3N4O2. The molecule has 0 saturated heterocycles. The average molecular weight is 361 g/mol. The van der Waals surface area contributed by atoms with Crippen LogP contribution in [-0.2, 0) is 15.8 Å². The summed E-state index contributed by atoms with van der Waals surface area (Å²) >= 11 is 5.48. The fourth-order valence-electron chi connectivity index (χ4n) is 1.57. The number of nitriles is 1. The van der Waals surface area contributed by atoms with Crippen molar-refractivity contribution in [1.82, 2.24) is 5.43 Å². The molecule has 0 aliphatic rings. The van der Waals surface area contributed by atoms with Crippen LogP contribution in [0.5, 0.6) is 0 Å². The minimum atomic E-state index is -4.64. The van der Waals surface area contributed by atoms with Crippen LogP contribution in [0.15, 0.2) is 23.3 Å². The zero-order valence-electron chi connectivity index (χ0n) is 12.4. The minimum absolute atomic E-state index is 0.0713. The number of benzene rings is 1. The lowest BCUT2D eigenvalue weighted by Gasteiger charge is -2.11. The predicted molar refractivity (Wildman–Crippen MR) is 81.2 cm³/mol. The van der Waals surface area contributed by atoms with Crippen LogP contribution in [0.2, 0.25) is 5.02 Å². The normalized spacial score (nSPS) is 11.6. The van der Waals surface area contributed by atoms with Gasteiger partial charge in [-0.15, -0.1) is 0 Å². The third kappa shape index (κ3) is 6.26. The van der Waals surface area contributed by atoms with Crippen molar-refractivity contribution >= 4 is 34.8 Å². The van der Waals surface area contributed by atoms with E-state index in [1.165, 1.54) is 13.0 Å². The van der Waals surface area contributed by atoms with Gasteiger partial charge >= 0.3 is 6.18 Å². The van der Waals surface area contributed by atoms with E-state index in [4.69, 9.17) is 16.9 Å². The van der Waals surface area contributed by atoms with Gasteiger partial charge in [0.2, 0.25) is 5.91 Å². The van der Waals surface area contributed by atoms with Gasteiger partial charge in [0.1, 0.15) is 6.42 Å². The molecule has 0 aliphatic carbocycles. The Morgan fingerprint density at radius 3 is 2.58 bits per heavy atom. The molecule has 0 atom stereocenters. The standard InChI is InChI=1S/C14H12ClF3N4O2/c1-8(21-22-12(23)4-5-19)6-13(24)20-9-2-3-11(15)10(7-9)14(16,17)18/h2-3,7H,4,6H2,1H3,(H,20,24)(H,22,23)/b21-8+. The third-order valence-electron chi connectivity index (χ3n) is 2.58. The lowest BCUT2D eigenvalue weighted by atomic mass is 10.2. The zero-order chi connectivity index (χ0) is 18.3. The lowest BCUT2D eigenvalue weighted by molar-refractivity contribution is -0.137. The molecule has 0 aliphatic heterocycles. The Morgan fingerprint density at radius 2 is 2.00 bits per heavy atom. The van der Waals surface area contributed by atoms with Crippen molar-refractivity contribution in [2.75, 3.05) is 5.32 Å². The molecule has 1 rings (SSSR count). The molecule has 0 unspecified atom stereocenters. The number of anilines is 1. The monoisotopic (exact) mass is 360 g/mol. The van der Waals surface area contributed by atoms with Gasteiger partial charge in [0.05, 0.1) is 23.1 Å². The Labute approximate surface area is 140 Å². The van der Waals surface area contributed by atoms with Gasteiger partial charge in [0, 0.05) is 11.4 Å². The van der Waals surface area contributed by atoms with Crippen LogP contribution in [0.1, 0.15) is 25.3 Å². The summed E-state index contributed by atoms with van der Waals surface area (Å²) in [6.07, 6.45) is -5.27. The molecule has 0 bridgehead atoms. The number of hydrogen-bond donors (Lipinski definition) is 2. The maximum atomic E-state index is 12.7. The van der Waals surface area contributed by atoms with E-state index in [1.807, 2.05) is 0 Å². The van der Waals surface area contributed by atoms with Crippen molar-refractivity contribution in [2.45, 2.75) is 25.9 Å². The first-order valence-corrected chi connectivity index (χ1v) is 6.87. The van der Waals surface area contributed by atoms with Gasteiger partial charge in [-0.1, -0.05) is 11.6 Å². The summed E-state index contributed by atoms with van der Waals surface area (Å²) in [6, 6.07) is 4.61. The Hall–Kier alpha value is -2.60. The topological polar surface area (TPSA) is 94.3 Å². The smallest absolute Gasteiger partial charge is 0.326 e. The van der Waals surface area contributed by atoms with Crippen LogP contribution >= 0.6 is 11.6 Å². The second-order valence-corrected chi connectivity index (χ2v) is 5.04. The van der Waals surface area contributed by atoms with Gasteiger partial charge in [-0.3, -0.25) is 9.59 Å². The van der Waals surface area contributed by atoms with Crippen molar-refractivity contribution in [1.29, 1.82) is 5.26 Å². The minimum Gasteiger partial charge on any atom is -0.326 e. The molecule has 1 aromatic rings. The van der Waals surface area contributed by atoms with E-state index >= 15 is 0 Å². The van der Waals surface area contributed by atoms with Gasteiger partial charge in [-0.2, -0.15) is 23.5 Å². The molecule has 0 fully saturated rings. The summed E-state index contributed by atoms with van der Waals surface area (Å²) < 4.78 is 38.2. The molecule has 0 heterocycles. The number of nitrogens with zero attached hydrogens (tertiary/aromatic N) is 2. The van der Waals surface area contributed by atoms with Crippen LogP contribution in [-0.4, -0.2) is 17.5 Å². The van der Waals surface area contributed by atoms with E-state index in [2.05, 4.69) is 15.8 Å². The van der Waals surface area contributed by atoms with Gasteiger partial charge < -0.3 is 5.32 Å². The van der Waals surface area contributed by atoms with Crippen molar-refractivity contribution in [3.63, 3.8) is 0 Å². The second kappa shape index (κ2) is 8.31. The number of hydrazone groups is 1. The highest BCUT2D eigenvalue weighted by Gasteiger charge is 2.33. The first-order valence-electron chi connectivity index (χ1n) is 6.49. The number of rotatable bonds is 5. The molecule has 6 nitrogen and oxygen atoms in total. The number of alkyl halides is 3. The van der Waals surface area contributed by atoms with E-state index in [0.717, 1.165) is 12.1 Å². The maximum absolute atomic E-state index is 12.7. The van der Waals surface area contributed by atoms with Gasteiger partial charge in [-0.25, -0.2) is 5.43 Å². The van der Waals surface area contributed by atoms with Gasteiger partial charge in [0.15, 0.2) is 0 Å². The lowest BCUT2D eigenvalue weighted by Crippen LogP contribution is -2.21. The molecule has 10 heteroatoms. The zero-order valence-corrected chi connectivity index (χ0v) is 13.1. The van der Waals surface area contributed by atoms with Crippen molar-refractivity contribution in [3.05, 3.63) is 28.8 Å². The van der Waals surface area contributed by atoms with Gasteiger partial charge in [-0.05, 0) is 25.1 Å². The Balaban J connectivity index is 2.70. The second-order valence-electron chi connectivity index (χ2n) is 4.63. The summed E-state index contributed by atoms with van der Waals surface area (Å²) in [5.41, 5.74) is 1.15. The number of nitrogens with one attached hydrogen (secondary N) is 2. The average Bonchev–Trinajstić information content (AvgIpc) is 2.46. The molecule has 24 heavy (non-hydrogen) atoms. The first-order chi connectivity index (χ1) is 11.1. The highest BCUT2D eigenvalue weighted by atomic mass is 35.5. The van der Waals surface area contributed by atoms with E-state index in [0.29, 0.717) is 0 Å². The fourth-order valence-corrected chi connectivity index (χ4v) is 1.79. The van der Waals surface area contributed by atoms with E-state index in [9.17, 15) is 22.8 Å². The number of carbonyl (C=O) groups is 2. The Kier molecular flexibility index (Phi) is 6.73. The fraction of sp³-hybridized carbons (Fsp3) is 0.286. The quantitative estimate of drug-likeness (QED) is 0.624. The third-order valence-corrected chi connectivity index (χ3v) is 2.91. The molecule has 2 amide bonds. The van der Waals surface area contributed by atoms with Crippen LogP contribution in [0.25, 0.3) is 0 Å². The molecule has 2 N–H and O–H groups in total. The Bertz CT molecular complexity index is 711. The van der Waals surface area contributed by atoms with Crippen LogP contribution in [0.3, 0.4) is 0 Å². The number of amides is 2. The molecule has 0 spiro atoms. The first kappa shape index (κ1) is 19.4. The van der Waals surface area contributed by atoms with Crippen LogP contribution in [0.4, 0.5) is 18.9 Å². The van der Waals surface area contributed by atoms with Crippen LogP contribution in [0, 0.1) is 11.3 Å². The largest absolute Gasteiger partial charge is 0.417 e. The van der Waals surface area contributed by atoms with Crippen molar-refractivity contribution < 1.29 is 22.8 Å². The molecule has 0 radical (unpaired) electrons. The highest BCUT2D eigenvalue weighted by molar-refractivity contribution is 6.31. The summed E-state index contributed by atoms with van der Waals surface area (Å²) in [5, 5.41) is 13.7. The van der Waals surface area contributed by atoms with Crippen LogP contribution < -0.4 is 10.7 Å². The molecular weight excluding hydrogens is 349 g/mol. The number of hydrogen-bond acceptors (Lipinski definition) is 4. The summed E-state index contributed by atoms with van der Waals surface area (Å²) in [6.45, 7) is 1.44. The van der Waals surface area contributed by atoms with Crippen molar-refractivity contribution in [2.24, 2.45) is 5.10 Å². The summed E-state index contributed by atoms with van der Waals surface area (Å²) in [7, 11) is 0. The molecule has 128 valence electrons.